The van der Waals surface area contributed by atoms with Crippen LogP contribution in [0.4, 0.5) is 0 Å². The minimum atomic E-state index is -0.319. The molecular formula is C26H25N3O2S. The molecule has 0 aliphatic heterocycles. The third kappa shape index (κ3) is 4.23. The lowest BCUT2D eigenvalue weighted by atomic mass is 9.95. The van der Waals surface area contributed by atoms with E-state index in [0.717, 1.165) is 34.3 Å². The lowest BCUT2D eigenvalue weighted by molar-refractivity contribution is 0.350. The van der Waals surface area contributed by atoms with E-state index in [0.29, 0.717) is 17.2 Å². The summed E-state index contributed by atoms with van der Waals surface area (Å²) in [4.78, 5) is 13.7. The van der Waals surface area contributed by atoms with Crippen molar-refractivity contribution < 1.29 is 4.42 Å². The van der Waals surface area contributed by atoms with E-state index in [2.05, 4.69) is 33.8 Å². The molecule has 5 nitrogen and oxygen atoms in total. The van der Waals surface area contributed by atoms with E-state index in [1.165, 1.54) is 36.2 Å². The first-order valence-corrected chi connectivity index (χ1v) is 11.9. The maximum absolute atomic E-state index is 12.9. The second kappa shape index (κ2) is 9.09. The van der Waals surface area contributed by atoms with Crippen molar-refractivity contribution in [1.82, 2.24) is 4.57 Å². The first-order chi connectivity index (χ1) is 15.7. The molecule has 0 unspecified atom stereocenters. The highest BCUT2D eigenvalue weighted by Gasteiger charge is 2.22. The highest BCUT2D eigenvalue weighted by Crippen LogP contribution is 2.32. The molecule has 32 heavy (non-hydrogen) atoms. The molecule has 0 amide bonds. The van der Waals surface area contributed by atoms with E-state index >= 15 is 0 Å². The number of rotatable bonds is 4. The van der Waals surface area contributed by atoms with Gasteiger partial charge < -0.3 is 8.98 Å². The molecule has 2 heterocycles. The molecule has 1 fully saturated rings. The molecule has 2 aromatic heterocycles. The van der Waals surface area contributed by atoms with Crippen LogP contribution in [0.5, 0.6) is 0 Å². The summed E-state index contributed by atoms with van der Waals surface area (Å²) >= 11 is 1.52. The van der Waals surface area contributed by atoms with E-state index in [-0.39, 0.29) is 5.63 Å². The predicted molar refractivity (Wildman–Crippen MR) is 130 cm³/mol. The zero-order chi connectivity index (χ0) is 21.9. The number of para-hydroxylation sites is 1. The molecule has 0 spiro atoms. The van der Waals surface area contributed by atoms with Crippen molar-refractivity contribution in [2.45, 2.75) is 45.1 Å². The molecule has 0 N–H and O–H groups in total. The predicted octanol–water partition coefficient (Wildman–Crippen LogP) is 6.07. The largest absolute Gasteiger partial charge is 0.422 e. The molecule has 6 heteroatoms. The molecule has 0 radical (unpaired) electrons. The molecule has 0 bridgehead atoms. The van der Waals surface area contributed by atoms with Gasteiger partial charge in [0.25, 0.3) is 0 Å². The SMILES string of the molecule is Cc1ccc(/C=N/N=c2/scc(-c3cc4ccccc4oc3=O)n2C2CCCCC2)cc1. The second-order valence-electron chi connectivity index (χ2n) is 8.31. The first kappa shape index (κ1) is 20.6. The van der Waals surface area contributed by atoms with Crippen molar-refractivity contribution in [3.05, 3.63) is 86.3 Å². The van der Waals surface area contributed by atoms with Crippen LogP contribution in [-0.4, -0.2) is 10.8 Å². The van der Waals surface area contributed by atoms with Crippen molar-refractivity contribution >= 4 is 28.5 Å². The summed E-state index contributed by atoms with van der Waals surface area (Å²) in [5, 5.41) is 11.8. The Balaban J connectivity index is 1.61. The van der Waals surface area contributed by atoms with Crippen LogP contribution < -0.4 is 10.4 Å². The number of aromatic nitrogens is 1. The fraction of sp³-hybridized carbons (Fsp3) is 0.269. The summed E-state index contributed by atoms with van der Waals surface area (Å²) in [5.74, 6) is 0. The van der Waals surface area contributed by atoms with Gasteiger partial charge in [0.15, 0.2) is 0 Å². The quantitative estimate of drug-likeness (QED) is 0.218. The zero-order valence-corrected chi connectivity index (χ0v) is 18.8. The maximum Gasteiger partial charge on any atom is 0.345 e. The normalized spacial score (nSPS) is 15.7. The fourth-order valence-electron chi connectivity index (χ4n) is 4.32. The van der Waals surface area contributed by atoms with Crippen molar-refractivity contribution in [1.29, 1.82) is 0 Å². The van der Waals surface area contributed by atoms with Gasteiger partial charge in [0, 0.05) is 16.8 Å². The number of benzene rings is 2. The summed E-state index contributed by atoms with van der Waals surface area (Å²) in [6, 6.07) is 18.0. The average Bonchev–Trinajstić information content (AvgIpc) is 3.24. The second-order valence-corrected chi connectivity index (χ2v) is 9.14. The molecule has 1 saturated carbocycles. The minimum Gasteiger partial charge on any atom is -0.422 e. The van der Waals surface area contributed by atoms with Gasteiger partial charge in [-0.1, -0.05) is 67.3 Å². The van der Waals surface area contributed by atoms with Crippen molar-refractivity contribution in [2.24, 2.45) is 10.2 Å². The van der Waals surface area contributed by atoms with Crippen LogP contribution in [0, 0.1) is 6.92 Å². The Bertz CT molecular complexity index is 1390. The van der Waals surface area contributed by atoms with Gasteiger partial charge in [-0.3, -0.25) is 0 Å². The third-order valence-corrected chi connectivity index (χ3v) is 6.86. The summed E-state index contributed by atoms with van der Waals surface area (Å²) in [6.07, 6.45) is 7.56. The number of nitrogens with zero attached hydrogens (tertiary/aromatic N) is 3. The average molecular weight is 444 g/mol. The van der Waals surface area contributed by atoms with Crippen LogP contribution in [0.3, 0.4) is 0 Å². The number of hydrogen-bond donors (Lipinski definition) is 0. The molecule has 1 aliphatic carbocycles. The van der Waals surface area contributed by atoms with E-state index in [1.54, 1.807) is 6.21 Å². The Morgan fingerprint density at radius 1 is 1.06 bits per heavy atom. The summed E-state index contributed by atoms with van der Waals surface area (Å²) < 4.78 is 7.83. The van der Waals surface area contributed by atoms with Crippen LogP contribution in [0.25, 0.3) is 22.2 Å². The standard InChI is InChI=1S/C26H25N3O2S/c1-18-11-13-19(14-12-18)16-27-28-26-29(21-8-3-2-4-9-21)23(17-32-26)22-15-20-7-5-6-10-24(20)31-25(22)30/h5-7,10-17,21H,2-4,8-9H2,1H3/b27-16+,28-26+. The van der Waals surface area contributed by atoms with Crippen LogP contribution >= 0.6 is 11.3 Å². The minimum absolute atomic E-state index is 0.309. The van der Waals surface area contributed by atoms with Gasteiger partial charge in [0.1, 0.15) is 5.58 Å². The number of fused-ring (bicyclic) bond motifs is 1. The maximum atomic E-state index is 12.9. The van der Waals surface area contributed by atoms with Crippen molar-refractivity contribution in [3.63, 3.8) is 0 Å². The lowest BCUT2D eigenvalue weighted by Crippen LogP contribution is -2.24. The molecule has 162 valence electrons. The molecular weight excluding hydrogens is 418 g/mol. The van der Waals surface area contributed by atoms with E-state index in [1.807, 2.05) is 47.8 Å². The number of hydrogen-bond acceptors (Lipinski definition) is 5. The Morgan fingerprint density at radius 2 is 1.84 bits per heavy atom. The molecule has 4 aromatic rings. The van der Waals surface area contributed by atoms with Gasteiger partial charge in [-0.2, -0.15) is 5.10 Å². The van der Waals surface area contributed by atoms with Gasteiger partial charge in [0.2, 0.25) is 4.80 Å². The summed E-state index contributed by atoms with van der Waals surface area (Å²) in [5.41, 5.74) is 3.95. The Kier molecular flexibility index (Phi) is 5.86. The monoisotopic (exact) mass is 443 g/mol. The van der Waals surface area contributed by atoms with Crippen LogP contribution in [0.2, 0.25) is 0 Å². The molecule has 0 saturated heterocycles. The molecule has 5 rings (SSSR count). The van der Waals surface area contributed by atoms with Gasteiger partial charge in [-0.15, -0.1) is 16.4 Å². The van der Waals surface area contributed by atoms with Crippen LogP contribution in [-0.2, 0) is 0 Å². The highest BCUT2D eigenvalue weighted by molar-refractivity contribution is 7.07. The summed E-state index contributed by atoms with van der Waals surface area (Å²) in [6.45, 7) is 2.06. The Labute approximate surface area is 190 Å². The van der Waals surface area contributed by atoms with Gasteiger partial charge >= 0.3 is 5.63 Å². The lowest BCUT2D eigenvalue weighted by Gasteiger charge is -2.24. The number of aryl methyl sites for hydroxylation is 1. The van der Waals surface area contributed by atoms with Crippen LogP contribution in [0.1, 0.15) is 49.3 Å². The van der Waals surface area contributed by atoms with E-state index in [9.17, 15) is 4.79 Å². The number of thiazole rings is 1. The van der Waals surface area contributed by atoms with Gasteiger partial charge in [0.05, 0.1) is 17.5 Å². The zero-order valence-electron chi connectivity index (χ0n) is 18.0. The third-order valence-electron chi connectivity index (χ3n) is 6.03. The van der Waals surface area contributed by atoms with E-state index < -0.39 is 0 Å². The van der Waals surface area contributed by atoms with Crippen molar-refractivity contribution in [2.75, 3.05) is 0 Å². The highest BCUT2D eigenvalue weighted by atomic mass is 32.1. The van der Waals surface area contributed by atoms with Gasteiger partial charge in [-0.25, -0.2) is 4.79 Å². The fourth-order valence-corrected chi connectivity index (χ4v) is 5.23. The Morgan fingerprint density at radius 3 is 2.66 bits per heavy atom. The molecule has 2 aromatic carbocycles. The smallest absolute Gasteiger partial charge is 0.345 e. The first-order valence-electron chi connectivity index (χ1n) is 11.1. The van der Waals surface area contributed by atoms with Gasteiger partial charge in [-0.05, 0) is 37.5 Å². The van der Waals surface area contributed by atoms with Crippen molar-refractivity contribution in [3.8, 4) is 11.3 Å². The van der Waals surface area contributed by atoms with Crippen LogP contribution in [0.15, 0.2) is 79.4 Å². The Hall–Kier alpha value is -3.25. The summed E-state index contributed by atoms with van der Waals surface area (Å²) in [7, 11) is 0. The van der Waals surface area contributed by atoms with E-state index in [4.69, 9.17) is 4.42 Å². The molecule has 0 atom stereocenters. The topological polar surface area (TPSA) is 59.9 Å². The molecule has 1 aliphatic rings.